The molecule has 0 aliphatic heterocycles. The van der Waals surface area contributed by atoms with Crippen LogP contribution in [0.1, 0.15) is 38.0 Å². The first-order valence-electron chi connectivity index (χ1n) is 8.91. The molecule has 0 aliphatic carbocycles. The predicted octanol–water partition coefficient (Wildman–Crippen LogP) is 5.02. The van der Waals surface area contributed by atoms with Crippen LogP contribution < -0.4 is 5.32 Å². The number of ether oxygens (including phenoxy) is 1. The Balaban J connectivity index is 1.61. The summed E-state index contributed by atoms with van der Waals surface area (Å²) in [6, 6.07) is 21.5. The first-order valence-corrected chi connectivity index (χ1v) is 9.29. The van der Waals surface area contributed by atoms with E-state index < -0.39 is 12.1 Å². The van der Waals surface area contributed by atoms with Gasteiger partial charge in [0.15, 0.2) is 6.10 Å². The summed E-state index contributed by atoms with van der Waals surface area (Å²) in [5.74, 6) is -1.22. The first kappa shape index (κ1) is 20.3. The second-order valence-corrected chi connectivity index (χ2v) is 6.76. The SMILES string of the molecule is C[C@@H](OC(=O)c1ccc(NC(=O)c2ccccc2)cc1)C(=O)c1cccc(Cl)c1. The highest BCUT2D eigenvalue weighted by atomic mass is 35.5. The van der Waals surface area contributed by atoms with Gasteiger partial charge in [0.05, 0.1) is 5.56 Å². The fourth-order valence-electron chi connectivity index (χ4n) is 2.64. The van der Waals surface area contributed by atoms with Crippen molar-refractivity contribution in [2.75, 3.05) is 5.32 Å². The van der Waals surface area contributed by atoms with Crippen LogP contribution in [-0.4, -0.2) is 23.8 Å². The third-order valence-corrected chi connectivity index (χ3v) is 4.41. The number of amides is 1. The molecule has 0 spiro atoms. The van der Waals surface area contributed by atoms with Gasteiger partial charge in [0.25, 0.3) is 5.91 Å². The largest absolute Gasteiger partial charge is 0.451 e. The van der Waals surface area contributed by atoms with E-state index in [1.165, 1.54) is 25.1 Å². The van der Waals surface area contributed by atoms with Crippen LogP contribution in [-0.2, 0) is 4.74 Å². The fourth-order valence-corrected chi connectivity index (χ4v) is 2.83. The second-order valence-electron chi connectivity index (χ2n) is 6.32. The minimum absolute atomic E-state index is 0.248. The first-order chi connectivity index (χ1) is 13.9. The number of hydrogen-bond acceptors (Lipinski definition) is 4. The van der Waals surface area contributed by atoms with Gasteiger partial charge in [-0.05, 0) is 55.5 Å². The van der Waals surface area contributed by atoms with Crippen LogP contribution in [0.4, 0.5) is 5.69 Å². The molecular weight excluding hydrogens is 390 g/mol. The normalized spacial score (nSPS) is 11.4. The lowest BCUT2D eigenvalue weighted by Crippen LogP contribution is -2.24. The molecule has 3 aromatic carbocycles. The Hall–Kier alpha value is -3.44. The van der Waals surface area contributed by atoms with Crippen molar-refractivity contribution in [1.29, 1.82) is 0 Å². The van der Waals surface area contributed by atoms with E-state index in [1.54, 1.807) is 54.6 Å². The average molecular weight is 408 g/mol. The molecule has 0 radical (unpaired) electrons. The maximum absolute atomic E-state index is 12.4. The topological polar surface area (TPSA) is 72.5 Å². The molecule has 146 valence electrons. The third-order valence-electron chi connectivity index (χ3n) is 4.18. The van der Waals surface area contributed by atoms with Crippen molar-refractivity contribution in [3.8, 4) is 0 Å². The molecule has 6 heteroatoms. The molecule has 0 bridgehead atoms. The summed E-state index contributed by atoms with van der Waals surface area (Å²) in [6.07, 6.45) is -0.960. The van der Waals surface area contributed by atoms with Crippen LogP contribution in [0.5, 0.6) is 0 Å². The quantitative estimate of drug-likeness (QED) is 0.460. The number of carbonyl (C=O) groups is 3. The molecular formula is C23H18ClNO4. The summed E-state index contributed by atoms with van der Waals surface area (Å²) in [4.78, 5) is 36.9. The second kappa shape index (κ2) is 9.17. The van der Waals surface area contributed by atoms with Crippen LogP contribution >= 0.6 is 11.6 Å². The van der Waals surface area contributed by atoms with E-state index >= 15 is 0 Å². The Morgan fingerprint density at radius 2 is 1.48 bits per heavy atom. The fraction of sp³-hybridized carbons (Fsp3) is 0.0870. The molecule has 3 aromatic rings. The molecule has 1 N–H and O–H groups in total. The van der Waals surface area contributed by atoms with E-state index in [2.05, 4.69) is 5.32 Å². The molecule has 0 saturated heterocycles. The van der Waals surface area contributed by atoms with E-state index in [9.17, 15) is 14.4 Å². The number of ketones is 1. The molecule has 5 nitrogen and oxygen atoms in total. The highest BCUT2D eigenvalue weighted by molar-refractivity contribution is 6.31. The van der Waals surface area contributed by atoms with E-state index in [-0.39, 0.29) is 17.3 Å². The lowest BCUT2D eigenvalue weighted by molar-refractivity contribution is 0.0319. The molecule has 0 saturated carbocycles. The van der Waals surface area contributed by atoms with E-state index in [0.717, 1.165) is 0 Å². The van der Waals surface area contributed by atoms with Gasteiger partial charge in [0.2, 0.25) is 5.78 Å². The van der Waals surface area contributed by atoms with Crippen LogP contribution in [0.3, 0.4) is 0 Å². The molecule has 0 fully saturated rings. The molecule has 0 aliphatic rings. The molecule has 0 aromatic heterocycles. The van der Waals surface area contributed by atoms with Crippen molar-refractivity contribution in [3.05, 3.63) is 101 Å². The highest BCUT2D eigenvalue weighted by Crippen LogP contribution is 2.16. The Kier molecular flexibility index (Phi) is 6.42. The van der Waals surface area contributed by atoms with E-state index in [0.29, 0.717) is 21.8 Å². The standard InChI is InChI=1S/C23H18ClNO4/c1-15(21(26)18-8-5-9-19(24)14-18)29-23(28)17-10-12-20(13-11-17)25-22(27)16-6-3-2-4-7-16/h2-15H,1H3,(H,25,27)/t15-/m1/s1. The Bertz CT molecular complexity index is 1030. The summed E-state index contributed by atoms with van der Waals surface area (Å²) in [5.41, 5.74) is 1.72. The zero-order valence-electron chi connectivity index (χ0n) is 15.6. The van der Waals surface area contributed by atoms with Crippen molar-refractivity contribution in [2.24, 2.45) is 0 Å². The zero-order chi connectivity index (χ0) is 20.8. The van der Waals surface area contributed by atoms with Gasteiger partial charge in [0, 0.05) is 21.8 Å². The van der Waals surface area contributed by atoms with Crippen molar-refractivity contribution < 1.29 is 19.1 Å². The van der Waals surface area contributed by atoms with Crippen LogP contribution in [0.15, 0.2) is 78.9 Å². The average Bonchev–Trinajstić information content (AvgIpc) is 2.74. The van der Waals surface area contributed by atoms with Gasteiger partial charge in [0.1, 0.15) is 0 Å². The van der Waals surface area contributed by atoms with Crippen molar-refractivity contribution in [3.63, 3.8) is 0 Å². The van der Waals surface area contributed by atoms with Crippen LogP contribution in [0.2, 0.25) is 5.02 Å². The van der Waals surface area contributed by atoms with Gasteiger partial charge in [-0.15, -0.1) is 0 Å². The highest BCUT2D eigenvalue weighted by Gasteiger charge is 2.20. The Labute approximate surface area is 173 Å². The Morgan fingerprint density at radius 3 is 2.14 bits per heavy atom. The monoisotopic (exact) mass is 407 g/mol. The maximum atomic E-state index is 12.4. The van der Waals surface area contributed by atoms with Crippen molar-refractivity contribution in [2.45, 2.75) is 13.0 Å². The number of esters is 1. The minimum atomic E-state index is -0.960. The van der Waals surface area contributed by atoms with Gasteiger partial charge >= 0.3 is 5.97 Å². The van der Waals surface area contributed by atoms with Gasteiger partial charge in [-0.2, -0.15) is 0 Å². The Morgan fingerprint density at radius 1 is 0.828 bits per heavy atom. The number of nitrogens with one attached hydrogen (secondary N) is 1. The summed E-state index contributed by atoms with van der Waals surface area (Å²) >= 11 is 5.90. The zero-order valence-corrected chi connectivity index (χ0v) is 16.3. The van der Waals surface area contributed by atoms with Gasteiger partial charge in [-0.3, -0.25) is 9.59 Å². The lowest BCUT2D eigenvalue weighted by Gasteiger charge is -2.13. The molecule has 29 heavy (non-hydrogen) atoms. The lowest BCUT2D eigenvalue weighted by atomic mass is 10.1. The summed E-state index contributed by atoms with van der Waals surface area (Å²) < 4.78 is 5.26. The minimum Gasteiger partial charge on any atom is -0.451 e. The smallest absolute Gasteiger partial charge is 0.338 e. The van der Waals surface area contributed by atoms with Crippen LogP contribution in [0.25, 0.3) is 0 Å². The molecule has 3 rings (SSSR count). The number of rotatable bonds is 6. The number of Topliss-reactive ketones (excluding diaryl/α,β-unsaturated/α-hetero) is 1. The van der Waals surface area contributed by atoms with Gasteiger partial charge in [-0.25, -0.2) is 4.79 Å². The number of anilines is 1. The summed E-state index contributed by atoms with van der Waals surface area (Å²) in [6.45, 7) is 1.51. The van der Waals surface area contributed by atoms with Crippen molar-refractivity contribution in [1.82, 2.24) is 0 Å². The molecule has 1 atom stereocenters. The third kappa shape index (κ3) is 5.30. The summed E-state index contributed by atoms with van der Waals surface area (Å²) in [5, 5.41) is 3.19. The number of benzene rings is 3. The molecule has 0 heterocycles. The van der Waals surface area contributed by atoms with Crippen LogP contribution in [0, 0.1) is 0 Å². The van der Waals surface area contributed by atoms with Gasteiger partial charge in [-0.1, -0.05) is 41.9 Å². The molecule has 1 amide bonds. The number of hydrogen-bond donors (Lipinski definition) is 1. The maximum Gasteiger partial charge on any atom is 0.338 e. The van der Waals surface area contributed by atoms with Crippen molar-refractivity contribution >= 4 is 34.9 Å². The van der Waals surface area contributed by atoms with Gasteiger partial charge < -0.3 is 10.1 Å². The number of halogens is 1. The molecule has 0 unspecified atom stereocenters. The summed E-state index contributed by atoms with van der Waals surface area (Å²) in [7, 11) is 0. The predicted molar refractivity (Wildman–Crippen MR) is 111 cm³/mol. The van der Waals surface area contributed by atoms with E-state index in [4.69, 9.17) is 16.3 Å². The number of carbonyl (C=O) groups excluding carboxylic acids is 3. The van der Waals surface area contributed by atoms with E-state index in [1.807, 2.05) is 6.07 Å².